The summed E-state index contributed by atoms with van der Waals surface area (Å²) in [5, 5.41) is 6.85. The monoisotopic (exact) mass is 296 g/mol. The van der Waals surface area contributed by atoms with Crippen LogP contribution in [0, 0.1) is 0 Å². The summed E-state index contributed by atoms with van der Waals surface area (Å²) in [6.45, 7) is 3.79. The Morgan fingerprint density at radius 2 is 2.35 bits per heavy atom. The fraction of sp³-hybridized carbons (Fsp3) is 0.533. The Hall–Kier alpha value is -1.26. The van der Waals surface area contributed by atoms with Crippen LogP contribution in [0.25, 0.3) is 0 Å². The highest BCUT2D eigenvalue weighted by atomic mass is 35.5. The molecule has 110 valence electrons. The zero-order valence-corrected chi connectivity index (χ0v) is 12.5. The second-order valence-corrected chi connectivity index (χ2v) is 5.40. The predicted octanol–water partition coefficient (Wildman–Crippen LogP) is 2.37. The maximum Gasteiger partial charge on any atom is 0.261 e. The second-order valence-electron chi connectivity index (χ2n) is 5.00. The van der Waals surface area contributed by atoms with Crippen molar-refractivity contribution in [1.82, 2.24) is 10.6 Å². The van der Waals surface area contributed by atoms with E-state index in [1.165, 1.54) is 0 Å². The number of nitrogens with one attached hydrogen (secondary N) is 2. The summed E-state index contributed by atoms with van der Waals surface area (Å²) in [5.41, 5.74) is 0. The van der Waals surface area contributed by atoms with Gasteiger partial charge in [-0.15, -0.1) is 0 Å². The molecule has 0 radical (unpaired) electrons. The van der Waals surface area contributed by atoms with Gasteiger partial charge in [0.1, 0.15) is 5.75 Å². The number of ether oxygens (including phenoxy) is 1. The first-order valence-corrected chi connectivity index (χ1v) is 7.50. The van der Waals surface area contributed by atoms with Crippen molar-refractivity contribution >= 4 is 17.5 Å². The SMILES string of the molecule is CCC(Oc1ccccc1Cl)C(=O)N[C@H]1CCCNC1. The van der Waals surface area contributed by atoms with Crippen molar-refractivity contribution in [3.63, 3.8) is 0 Å². The third-order valence-corrected chi connectivity index (χ3v) is 3.72. The molecular formula is C15H21ClN2O2. The van der Waals surface area contributed by atoms with Crippen LogP contribution >= 0.6 is 11.6 Å². The molecule has 2 rings (SSSR count). The van der Waals surface area contributed by atoms with Gasteiger partial charge in [-0.2, -0.15) is 0 Å². The molecule has 1 heterocycles. The van der Waals surface area contributed by atoms with Gasteiger partial charge in [0.2, 0.25) is 0 Å². The summed E-state index contributed by atoms with van der Waals surface area (Å²) >= 11 is 6.06. The van der Waals surface area contributed by atoms with Crippen LogP contribution in [0.1, 0.15) is 26.2 Å². The Morgan fingerprint density at radius 3 is 3.00 bits per heavy atom. The van der Waals surface area contributed by atoms with Gasteiger partial charge < -0.3 is 15.4 Å². The lowest BCUT2D eigenvalue weighted by atomic mass is 10.1. The highest BCUT2D eigenvalue weighted by molar-refractivity contribution is 6.32. The summed E-state index contributed by atoms with van der Waals surface area (Å²) in [6, 6.07) is 7.41. The minimum absolute atomic E-state index is 0.0684. The van der Waals surface area contributed by atoms with Crippen molar-refractivity contribution < 1.29 is 9.53 Å². The van der Waals surface area contributed by atoms with E-state index in [4.69, 9.17) is 16.3 Å². The molecular weight excluding hydrogens is 276 g/mol. The van der Waals surface area contributed by atoms with Crippen LogP contribution in [-0.2, 0) is 4.79 Å². The van der Waals surface area contributed by atoms with E-state index < -0.39 is 6.10 Å². The normalized spacial score (nSPS) is 20.2. The number of benzene rings is 1. The van der Waals surface area contributed by atoms with Crippen molar-refractivity contribution in [1.29, 1.82) is 0 Å². The molecule has 1 aromatic rings. The van der Waals surface area contributed by atoms with Crippen LogP contribution in [0.5, 0.6) is 5.75 Å². The van der Waals surface area contributed by atoms with Gasteiger partial charge >= 0.3 is 0 Å². The van der Waals surface area contributed by atoms with E-state index in [0.717, 1.165) is 25.9 Å². The molecule has 0 bridgehead atoms. The number of carbonyl (C=O) groups excluding carboxylic acids is 1. The number of amides is 1. The van der Waals surface area contributed by atoms with Crippen LogP contribution in [-0.4, -0.2) is 31.1 Å². The summed E-state index contributed by atoms with van der Waals surface area (Å²) in [5.74, 6) is 0.485. The molecule has 0 aliphatic carbocycles. The summed E-state index contributed by atoms with van der Waals surface area (Å²) in [7, 11) is 0. The van der Waals surface area contributed by atoms with Crippen LogP contribution in [0.3, 0.4) is 0 Å². The molecule has 0 aromatic heterocycles. The number of rotatable bonds is 5. The van der Waals surface area contributed by atoms with Gasteiger partial charge in [-0.3, -0.25) is 4.79 Å². The quantitative estimate of drug-likeness (QED) is 0.877. The van der Waals surface area contributed by atoms with Crippen molar-refractivity contribution in [2.45, 2.75) is 38.3 Å². The first-order valence-electron chi connectivity index (χ1n) is 7.13. The molecule has 1 aliphatic heterocycles. The molecule has 2 N–H and O–H groups in total. The molecule has 1 unspecified atom stereocenters. The largest absolute Gasteiger partial charge is 0.479 e. The van der Waals surface area contributed by atoms with Crippen molar-refractivity contribution in [2.24, 2.45) is 0 Å². The molecule has 1 saturated heterocycles. The minimum atomic E-state index is -0.503. The van der Waals surface area contributed by atoms with E-state index in [2.05, 4.69) is 10.6 Å². The van der Waals surface area contributed by atoms with E-state index in [1.807, 2.05) is 19.1 Å². The molecule has 1 fully saturated rings. The van der Waals surface area contributed by atoms with E-state index in [0.29, 0.717) is 17.2 Å². The highest BCUT2D eigenvalue weighted by Gasteiger charge is 2.23. The molecule has 5 heteroatoms. The van der Waals surface area contributed by atoms with Gasteiger partial charge in [0.25, 0.3) is 5.91 Å². The molecule has 1 aromatic carbocycles. The predicted molar refractivity (Wildman–Crippen MR) is 80.2 cm³/mol. The molecule has 20 heavy (non-hydrogen) atoms. The summed E-state index contributed by atoms with van der Waals surface area (Å²) in [6.07, 6.45) is 2.21. The van der Waals surface area contributed by atoms with Gasteiger partial charge in [0.05, 0.1) is 5.02 Å². The number of piperidine rings is 1. The fourth-order valence-electron chi connectivity index (χ4n) is 2.28. The van der Waals surface area contributed by atoms with Crippen LogP contribution in [0.4, 0.5) is 0 Å². The van der Waals surface area contributed by atoms with Crippen LogP contribution in [0.2, 0.25) is 5.02 Å². The van der Waals surface area contributed by atoms with Crippen LogP contribution in [0.15, 0.2) is 24.3 Å². The minimum Gasteiger partial charge on any atom is -0.479 e. The Bertz CT molecular complexity index is 447. The molecule has 0 saturated carbocycles. The Balaban J connectivity index is 1.93. The number of hydrogen-bond acceptors (Lipinski definition) is 3. The van der Waals surface area contributed by atoms with E-state index in [-0.39, 0.29) is 11.9 Å². The van der Waals surface area contributed by atoms with Gasteiger partial charge in [0, 0.05) is 12.6 Å². The fourth-order valence-corrected chi connectivity index (χ4v) is 2.47. The average Bonchev–Trinajstić information content (AvgIpc) is 2.47. The lowest BCUT2D eigenvalue weighted by Crippen LogP contribution is -2.49. The first kappa shape index (κ1) is 15.1. The van der Waals surface area contributed by atoms with Crippen molar-refractivity contribution in [3.05, 3.63) is 29.3 Å². The Morgan fingerprint density at radius 1 is 1.55 bits per heavy atom. The topological polar surface area (TPSA) is 50.4 Å². The molecule has 2 atom stereocenters. The molecule has 0 spiro atoms. The van der Waals surface area contributed by atoms with Crippen LogP contribution < -0.4 is 15.4 Å². The average molecular weight is 297 g/mol. The lowest BCUT2D eigenvalue weighted by Gasteiger charge is -2.26. The smallest absolute Gasteiger partial charge is 0.261 e. The van der Waals surface area contributed by atoms with Gasteiger partial charge in [-0.1, -0.05) is 30.7 Å². The van der Waals surface area contributed by atoms with Crippen molar-refractivity contribution in [3.8, 4) is 5.75 Å². The zero-order valence-electron chi connectivity index (χ0n) is 11.7. The maximum absolute atomic E-state index is 12.3. The number of carbonyl (C=O) groups is 1. The van der Waals surface area contributed by atoms with Crippen molar-refractivity contribution in [2.75, 3.05) is 13.1 Å². The zero-order chi connectivity index (χ0) is 14.4. The lowest BCUT2D eigenvalue weighted by molar-refractivity contribution is -0.129. The molecule has 4 nitrogen and oxygen atoms in total. The highest BCUT2D eigenvalue weighted by Crippen LogP contribution is 2.24. The van der Waals surface area contributed by atoms with E-state index in [1.54, 1.807) is 12.1 Å². The Kier molecular flexibility index (Phi) is 5.68. The summed E-state index contributed by atoms with van der Waals surface area (Å²) in [4.78, 5) is 12.3. The number of para-hydroxylation sites is 1. The summed E-state index contributed by atoms with van der Waals surface area (Å²) < 4.78 is 5.73. The van der Waals surface area contributed by atoms with Gasteiger partial charge in [-0.05, 0) is 37.9 Å². The second kappa shape index (κ2) is 7.50. The molecule has 1 amide bonds. The van der Waals surface area contributed by atoms with E-state index in [9.17, 15) is 4.79 Å². The third kappa shape index (κ3) is 4.12. The number of hydrogen-bond donors (Lipinski definition) is 2. The maximum atomic E-state index is 12.3. The van der Waals surface area contributed by atoms with Gasteiger partial charge in [0.15, 0.2) is 6.10 Å². The standard InChI is InChI=1S/C15H21ClN2O2/c1-2-13(20-14-8-4-3-7-12(14)16)15(19)18-11-6-5-9-17-10-11/h3-4,7-8,11,13,17H,2,5-6,9-10H2,1H3,(H,18,19)/t11-,13?/m0/s1. The molecule has 1 aliphatic rings. The Labute approximate surface area is 124 Å². The van der Waals surface area contributed by atoms with Gasteiger partial charge in [-0.25, -0.2) is 0 Å². The first-order chi connectivity index (χ1) is 9.70. The third-order valence-electron chi connectivity index (χ3n) is 3.41. The van der Waals surface area contributed by atoms with E-state index >= 15 is 0 Å². The number of halogens is 1.